The molecule has 2 aliphatic rings. The maximum atomic E-state index is 16.1. The number of phenols is 6. The quantitative estimate of drug-likeness (QED) is 0.213. The number of halogens is 1. The van der Waals surface area contributed by atoms with E-state index in [1.54, 1.807) is 12.1 Å². The van der Waals surface area contributed by atoms with Gasteiger partial charge < -0.3 is 40.1 Å². The van der Waals surface area contributed by atoms with Crippen molar-refractivity contribution in [2.45, 2.75) is 24.5 Å². The molecule has 6 rings (SSSR count). The van der Waals surface area contributed by atoms with Gasteiger partial charge in [-0.25, -0.2) is 0 Å². The van der Waals surface area contributed by atoms with Crippen molar-refractivity contribution in [2.75, 3.05) is 0 Å². The Morgan fingerprint density at radius 3 is 2.05 bits per heavy atom. The number of phenolic OH excluding ortho intramolecular Hbond substituents is 6. The zero-order valence-corrected chi connectivity index (χ0v) is 20.0. The van der Waals surface area contributed by atoms with Crippen LogP contribution >= 0.6 is 0 Å². The second kappa shape index (κ2) is 8.73. The fraction of sp³-hybridized carbons (Fsp3) is 0.138. The van der Waals surface area contributed by atoms with Crippen molar-refractivity contribution in [3.8, 4) is 46.0 Å². The number of benzene rings is 4. The Labute approximate surface area is 220 Å². The molecule has 2 heterocycles. The van der Waals surface area contributed by atoms with Crippen LogP contribution < -0.4 is 9.47 Å². The minimum Gasteiger partial charge on any atom is -0.508 e. The molecule has 6 N–H and O–H groups in total. The molecule has 4 aromatic carbocycles. The highest BCUT2D eigenvalue weighted by molar-refractivity contribution is 6.03. The summed E-state index contributed by atoms with van der Waals surface area (Å²) in [5, 5.41) is 61.3. The molecule has 0 fully saturated rings. The van der Waals surface area contributed by atoms with E-state index in [9.17, 15) is 35.4 Å². The van der Waals surface area contributed by atoms with Gasteiger partial charge in [0.05, 0.1) is 17.9 Å². The predicted molar refractivity (Wildman–Crippen MR) is 133 cm³/mol. The van der Waals surface area contributed by atoms with E-state index in [-0.39, 0.29) is 57.6 Å². The Morgan fingerprint density at radius 2 is 1.38 bits per heavy atom. The summed E-state index contributed by atoms with van der Waals surface area (Å²) in [7, 11) is 0. The second-order valence-corrected chi connectivity index (χ2v) is 9.48. The van der Waals surface area contributed by atoms with E-state index in [0.29, 0.717) is 5.56 Å². The number of aromatic hydroxyl groups is 6. The monoisotopic (exact) mass is 532 g/mol. The van der Waals surface area contributed by atoms with E-state index in [1.165, 1.54) is 36.4 Å². The van der Waals surface area contributed by atoms with Crippen molar-refractivity contribution < 1.29 is 49.3 Å². The molecule has 0 aliphatic carbocycles. The van der Waals surface area contributed by atoms with Crippen molar-refractivity contribution >= 4 is 5.78 Å². The minimum atomic E-state index is -1.11. The highest BCUT2D eigenvalue weighted by Crippen LogP contribution is 2.59. The molecule has 2 aliphatic heterocycles. The highest BCUT2D eigenvalue weighted by atomic mass is 19.1. The first kappa shape index (κ1) is 24.2. The third kappa shape index (κ3) is 3.88. The Morgan fingerprint density at radius 1 is 0.718 bits per heavy atom. The summed E-state index contributed by atoms with van der Waals surface area (Å²) in [6.07, 6.45) is -2.43. The summed E-state index contributed by atoms with van der Waals surface area (Å²) in [4.78, 5) is 13.3. The molecule has 3 atom stereocenters. The first-order valence-electron chi connectivity index (χ1n) is 11.9. The average Bonchev–Trinajstić information content (AvgIpc) is 3.28. The molecule has 39 heavy (non-hydrogen) atoms. The highest BCUT2D eigenvalue weighted by Gasteiger charge is 2.46. The molecule has 0 amide bonds. The lowest BCUT2D eigenvalue weighted by molar-refractivity contribution is 0.0829. The van der Waals surface area contributed by atoms with Crippen LogP contribution in [0.3, 0.4) is 0 Å². The van der Waals surface area contributed by atoms with Gasteiger partial charge in [0.1, 0.15) is 52.3 Å². The molecule has 198 valence electrons. The summed E-state index contributed by atoms with van der Waals surface area (Å²) in [5.74, 6) is -5.34. The van der Waals surface area contributed by atoms with Gasteiger partial charge in [-0.15, -0.1) is 0 Å². The van der Waals surface area contributed by atoms with Crippen LogP contribution in [-0.4, -0.2) is 36.4 Å². The zero-order chi connectivity index (χ0) is 27.6. The number of carbonyl (C=O) groups excluding carboxylic acids is 1. The van der Waals surface area contributed by atoms with Gasteiger partial charge in [0.15, 0.2) is 17.3 Å². The Balaban J connectivity index is 1.53. The molecule has 0 bridgehead atoms. The zero-order valence-electron chi connectivity index (χ0n) is 20.0. The van der Waals surface area contributed by atoms with Crippen molar-refractivity contribution in [2.24, 2.45) is 0 Å². The smallest absolute Gasteiger partial charge is 0.208 e. The van der Waals surface area contributed by atoms with E-state index in [0.717, 1.165) is 12.1 Å². The molecular formula is C29H21FO9. The van der Waals surface area contributed by atoms with Gasteiger partial charge >= 0.3 is 0 Å². The minimum absolute atomic E-state index is 0.0205. The maximum Gasteiger partial charge on any atom is 0.208 e. The van der Waals surface area contributed by atoms with Crippen LogP contribution in [0.15, 0.2) is 60.7 Å². The van der Waals surface area contributed by atoms with E-state index in [2.05, 4.69) is 0 Å². The number of hydrogen-bond acceptors (Lipinski definition) is 9. The summed E-state index contributed by atoms with van der Waals surface area (Å²) in [6, 6.07) is 13.4. The molecule has 0 unspecified atom stereocenters. The van der Waals surface area contributed by atoms with Gasteiger partial charge in [0.25, 0.3) is 0 Å². The average molecular weight is 532 g/mol. The van der Waals surface area contributed by atoms with E-state index in [1.807, 2.05) is 0 Å². The third-order valence-corrected chi connectivity index (χ3v) is 7.00. The number of ketones is 1. The lowest BCUT2D eigenvalue weighted by Gasteiger charge is -2.28. The van der Waals surface area contributed by atoms with Crippen molar-refractivity contribution in [1.29, 1.82) is 0 Å². The summed E-state index contributed by atoms with van der Waals surface area (Å²) in [5.41, 5.74) is 0.423. The lowest BCUT2D eigenvalue weighted by atomic mass is 9.82. The van der Waals surface area contributed by atoms with E-state index < -0.39 is 46.8 Å². The third-order valence-electron chi connectivity index (χ3n) is 7.00. The van der Waals surface area contributed by atoms with Crippen LogP contribution in [0.25, 0.3) is 0 Å². The van der Waals surface area contributed by atoms with Gasteiger partial charge in [-0.05, 0) is 47.5 Å². The molecule has 0 aromatic heterocycles. The Kier molecular flexibility index (Phi) is 5.42. The van der Waals surface area contributed by atoms with Gasteiger partial charge in [-0.3, -0.25) is 4.79 Å². The molecule has 0 spiro atoms. The van der Waals surface area contributed by atoms with Crippen molar-refractivity contribution in [3.63, 3.8) is 0 Å². The van der Waals surface area contributed by atoms with Crippen LogP contribution in [-0.2, 0) is 0 Å². The molecule has 4 aromatic rings. The summed E-state index contributed by atoms with van der Waals surface area (Å²) < 4.78 is 27.9. The van der Waals surface area contributed by atoms with Gasteiger partial charge in [0.2, 0.25) is 5.82 Å². The number of carbonyl (C=O) groups is 1. The van der Waals surface area contributed by atoms with E-state index in [4.69, 9.17) is 9.47 Å². The fourth-order valence-corrected chi connectivity index (χ4v) is 5.30. The molecular weight excluding hydrogens is 511 g/mol. The van der Waals surface area contributed by atoms with Gasteiger partial charge in [-0.2, -0.15) is 4.39 Å². The fourth-order valence-electron chi connectivity index (χ4n) is 5.30. The molecule has 10 heteroatoms. The lowest BCUT2D eigenvalue weighted by Crippen LogP contribution is -2.22. The Hall–Kier alpha value is -5.12. The SMILES string of the molecule is O=C1C[C@H](c2ccc(O)cc2O)Oc2c(F)c3c(c(O)c21)[C@@H](c1cc(O)cc(O)c1)[C@H](c1ccc(O)cc1)O3. The predicted octanol–water partition coefficient (Wildman–Crippen LogP) is 5.03. The van der Waals surface area contributed by atoms with Crippen LogP contribution in [0.4, 0.5) is 4.39 Å². The first-order valence-corrected chi connectivity index (χ1v) is 11.9. The Bertz CT molecular complexity index is 1630. The standard InChI is InChI=1S/C29H21FO9/c30-25-28-23(20(36)11-21(38-28)18-6-5-15(32)10-19(18)35)26(37)24-22(13-7-16(33)9-17(34)8-13)27(39-29(24)25)12-1-3-14(31)4-2-12/h1-10,21-22,27,31-35,37H,11H2/t21-,22-,27+/m1/s1. The topological polar surface area (TPSA) is 157 Å². The molecule has 9 nitrogen and oxygen atoms in total. The normalized spacial score (nSPS) is 19.6. The first-order chi connectivity index (χ1) is 18.6. The van der Waals surface area contributed by atoms with Gasteiger partial charge in [-0.1, -0.05) is 12.1 Å². The second-order valence-electron chi connectivity index (χ2n) is 9.48. The largest absolute Gasteiger partial charge is 0.508 e. The van der Waals surface area contributed by atoms with Crippen molar-refractivity contribution in [1.82, 2.24) is 0 Å². The molecule has 0 saturated heterocycles. The van der Waals surface area contributed by atoms with Crippen LogP contribution in [0.5, 0.6) is 46.0 Å². The van der Waals surface area contributed by atoms with Gasteiger partial charge in [0, 0.05) is 17.7 Å². The molecule has 0 saturated carbocycles. The number of rotatable bonds is 3. The number of ether oxygens (including phenoxy) is 2. The summed E-state index contributed by atoms with van der Waals surface area (Å²) >= 11 is 0. The van der Waals surface area contributed by atoms with E-state index >= 15 is 4.39 Å². The number of fused-ring (bicyclic) bond motifs is 2. The number of Topliss-reactive ketones (excluding diaryl/α,β-unsaturated/α-hetero) is 1. The van der Waals surface area contributed by atoms with Crippen LogP contribution in [0.2, 0.25) is 0 Å². The van der Waals surface area contributed by atoms with Crippen LogP contribution in [0, 0.1) is 5.82 Å². The van der Waals surface area contributed by atoms with Crippen LogP contribution in [0.1, 0.15) is 57.2 Å². The maximum absolute atomic E-state index is 16.1. The summed E-state index contributed by atoms with van der Waals surface area (Å²) in [6.45, 7) is 0. The number of hydrogen-bond donors (Lipinski definition) is 6. The molecule has 0 radical (unpaired) electrons. The van der Waals surface area contributed by atoms with Crippen molar-refractivity contribution in [3.05, 3.63) is 94.3 Å².